The number of nitrogens with one attached hydrogen (secondary N) is 2. The Morgan fingerprint density at radius 2 is 1.81 bits per heavy atom. The lowest BCUT2D eigenvalue weighted by Gasteiger charge is -2.10. The first-order chi connectivity index (χ1) is 14.7. The van der Waals surface area contributed by atoms with Crippen molar-refractivity contribution in [2.24, 2.45) is 0 Å². The SMILES string of the molecule is Cc1cc(C)nc(NS(=O)(=O)c2ccc(NC(=O)c3cnc4n(c3=O)CCS4)cc2)n1. The molecule has 3 heterocycles. The highest BCUT2D eigenvalue weighted by molar-refractivity contribution is 7.99. The third-order valence-electron chi connectivity index (χ3n) is 4.43. The maximum absolute atomic E-state index is 12.6. The highest BCUT2D eigenvalue weighted by atomic mass is 32.2. The van der Waals surface area contributed by atoms with E-state index in [1.807, 2.05) is 0 Å². The number of amides is 1. The van der Waals surface area contributed by atoms with Gasteiger partial charge >= 0.3 is 0 Å². The molecule has 4 rings (SSSR count). The minimum absolute atomic E-state index is 0.0161. The van der Waals surface area contributed by atoms with Crippen LogP contribution in [0.1, 0.15) is 21.7 Å². The quantitative estimate of drug-likeness (QED) is 0.553. The Morgan fingerprint density at radius 1 is 1.13 bits per heavy atom. The summed E-state index contributed by atoms with van der Waals surface area (Å²) in [5.41, 5.74) is 1.14. The van der Waals surface area contributed by atoms with Crippen LogP contribution in [0.5, 0.6) is 0 Å². The first kappa shape index (κ1) is 21.0. The minimum atomic E-state index is -3.91. The van der Waals surface area contributed by atoms with Crippen molar-refractivity contribution in [2.45, 2.75) is 30.4 Å². The maximum Gasteiger partial charge on any atom is 0.267 e. The third kappa shape index (κ3) is 4.44. The molecule has 0 radical (unpaired) electrons. The van der Waals surface area contributed by atoms with Gasteiger partial charge in [0.15, 0.2) is 5.16 Å². The average Bonchev–Trinajstić information content (AvgIpc) is 3.17. The molecule has 0 aliphatic carbocycles. The van der Waals surface area contributed by atoms with E-state index in [-0.39, 0.29) is 16.4 Å². The molecule has 0 bridgehead atoms. The molecule has 0 unspecified atom stereocenters. The maximum atomic E-state index is 12.6. The molecule has 1 aliphatic rings. The number of benzene rings is 1. The first-order valence-electron chi connectivity index (χ1n) is 9.22. The molecule has 31 heavy (non-hydrogen) atoms. The highest BCUT2D eigenvalue weighted by Crippen LogP contribution is 2.21. The Labute approximate surface area is 182 Å². The van der Waals surface area contributed by atoms with Gasteiger partial charge in [-0.1, -0.05) is 11.8 Å². The van der Waals surface area contributed by atoms with Gasteiger partial charge in [-0.15, -0.1) is 0 Å². The molecule has 2 N–H and O–H groups in total. The van der Waals surface area contributed by atoms with E-state index >= 15 is 0 Å². The fourth-order valence-electron chi connectivity index (χ4n) is 3.04. The Morgan fingerprint density at radius 3 is 2.48 bits per heavy atom. The topological polar surface area (TPSA) is 136 Å². The molecule has 1 aliphatic heterocycles. The van der Waals surface area contributed by atoms with Crippen LogP contribution in [-0.4, -0.2) is 39.6 Å². The van der Waals surface area contributed by atoms with Gasteiger partial charge in [0.2, 0.25) is 5.95 Å². The molecular weight excluding hydrogens is 440 g/mol. The van der Waals surface area contributed by atoms with Gasteiger partial charge < -0.3 is 5.32 Å². The number of fused-ring (bicyclic) bond motifs is 1. The van der Waals surface area contributed by atoms with Gasteiger partial charge in [0.1, 0.15) is 5.56 Å². The van der Waals surface area contributed by atoms with Crippen LogP contribution in [0, 0.1) is 13.8 Å². The van der Waals surface area contributed by atoms with E-state index in [9.17, 15) is 18.0 Å². The Balaban J connectivity index is 1.50. The summed E-state index contributed by atoms with van der Waals surface area (Å²) in [5, 5.41) is 3.19. The van der Waals surface area contributed by atoms with Crippen molar-refractivity contribution in [3.05, 3.63) is 63.8 Å². The third-order valence-corrected chi connectivity index (χ3v) is 6.75. The summed E-state index contributed by atoms with van der Waals surface area (Å²) in [6, 6.07) is 7.28. The van der Waals surface area contributed by atoms with Crippen molar-refractivity contribution < 1.29 is 13.2 Å². The van der Waals surface area contributed by atoms with E-state index in [0.29, 0.717) is 28.8 Å². The van der Waals surface area contributed by atoms with Crippen LogP contribution in [0.2, 0.25) is 0 Å². The number of sulfonamides is 1. The lowest BCUT2D eigenvalue weighted by Crippen LogP contribution is -2.29. The predicted molar refractivity (Wildman–Crippen MR) is 116 cm³/mol. The van der Waals surface area contributed by atoms with Gasteiger partial charge in [0.05, 0.1) is 4.90 Å². The van der Waals surface area contributed by atoms with Crippen molar-refractivity contribution in [2.75, 3.05) is 15.8 Å². The smallest absolute Gasteiger partial charge is 0.267 e. The summed E-state index contributed by atoms with van der Waals surface area (Å²) in [4.78, 5) is 37.2. The summed E-state index contributed by atoms with van der Waals surface area (Å²) in [7, 11) is -3.91. The van der Waals surface area contributed by atoms with E-state index in [1.54, 1.807) is 19.9 Å². The van der Waals surface area contributed by atoms with Gasteiger partial charge in [-0.2, -0.15) is 0 Å². The second-order valence-corrected chi connectivity index (χ2v) is 9.56. The molecular formula is C19H18N6O4S2. The van der Waals surface area contributed by atoms with Gasteiger partial charge in [-0.25, -0.2) is 28.1 Å². The lowest BCUT2D eigenvalue weighted by molar-refractivity contribution is 0.102. The largest absolute Gasteiger partial charge is 0.322 e. The highest BCUT2D eigenvalue weighted by Gasteiger charge is 2.21. The molecule has 0 fully saturated rings. The van der Waals surface area contributed by atoms with E-state index < -0.39 is 21.5 Å². The molecule has 0 atom stereocenters. The zero-order valence-corrected chi connectivity index (χ0v) is 18.2. The molecule has 3 aromatic rings. The Kier molecular flexibility index (Phi) is 5.50. The summed E-state index contributed by atoms with van der Waals surface area (Å²) < 4.78 is 29.0. The number of aryl methyl sites for hydroxylation is 2. The normalized spacial score (nSPS) is 13.0. The van der Waals surface area contributed by atoms with E-state index in [4.69, 9.17) is 0 Å². The van der Waals surface area contributed by atoms with Gasteiger partial charge in [0, 0.05) is 35.6 Å². The molecule has 12 heteroatoms. The lowest BCUT2D eigenvalue weighted by atomic mass is 10.2. The van der Waals surface area contributed by atoms with E-state index in [0.717, 1.165) is 5.75 Å². The molecule has 0 saturated heterocycles. The first-order valence-corrected chi connectivity index (χ1v) is 11.7. The fourth-order valence-corrected chi connectivity index (χ4v) is 4.90. The zero-order chi connectivity index (χ0) is 22.2. The fraction of sp³-hybridized carbons (Fsp3) is 0.211. The second-order valence-electron chi connectivity index (χ2n) is 6.82. The van der Waals surface area contributed by atoms with Gasteiger partial charge in [-0.3, -0.25) is 14.2 Å². The average molecular weight is 459 g/mol. The number of carbonyl (C=O) groups excluding carboxylic acids is 1. The van der Waals surface area contributed by atoms with Gasteiger partial charge in [0.25, 0.3) is 21.5 Å². The van der Waals surface area contributed by atoms with Crippen LogP contribution in [0.4, 0.5) is 11.6 Å². The summed E-state index contributed by atoms with van der Waals surface area (Å²) in [6.45, 7) is 3.99. The van der Waals surface area contributed by atoms with E-state index in [1.165, 1.54) is 46.8 Å². The predicted octanol–water partition coefficient (Wildman–Crippen LogP) is 1.81. The van der Waals surface area contributed by atoms with Crippen LogP contribution in [-0.2, 0) is 16.6 Å². The minimum Gasteiger partial charge on any atom is -0.322 e. The standard InChI is InChI=1S/C19H18N6O4S2/c1-11-9-12(2)22-18(21-11)24-31(28,29)14-5-3-13(4-6-14)23-16(26)15-10-20-19-25(17(15)27)7-8-30-19/h3-6,9-10H,7-8H2,1-2H3,(H,23,26)(H,21,22,24). The molecule has 1 amide bonds. The van der Waals surface area contributed by atoms with E-state index in [2.05, 4.69) is 25.0 Å². The molecule has 2 aromatic heterocycles. The van der Waals surface area contributed by atoms with Crippen molar-refractivity contribution in [1.29, 1.82) is 0 Å². The molecule has 1 aromatic carbocycles. The van der Waals surface area contributed by atoms with Crippen LogP contribution >= 0.6 is 11.8 Å². The van der Waals surface area contributed by atoms with Crippen LogP contribution in [0.25, 0.3) is 0 Å². The summed E-state index contributed by atoms with van der Waals surface area (Å²) in [5.74, 6) is 0.115. The molecule has 0 saturated carbocycles. The summed E-state index contributed by atoms with van der Waals surface area (Å²) in [6.07, 6.45) is 1.26. The number of anilines is 2. The van der Waals surface area contributed by atoms with Crippen molar-refractivity contribution in [3.8, 4) is 0 Å². The monoisotopic (exact) mass is 458 g/mol. The second kappa shape index (κ2) is 8.12. The van der Waals surface area contributed by atoms with Crippen molar-refractivity contribution >= 4 is 39.3 Å². The molecule has 10 nitrogen and oxygen atoms in total. The van der Waals surface area contributed by atoms with Crippen molar-refractivity contribution in [3.63, 3.8) is 0 Å². The number of thioether (sulfide) groups is 1. The van der Waals surface area contributed by atoms with Crippen LogP contribution < -0.4 is 15.6 Å². The number of rotatable bonds is 5. The Bertz CT molecular complexity index is 1320. The number of hydrogen-bond acceptors (Lipinski definition) is 8. The van der Waals surface area contributed by atoms with Crippen LogP contribution in [0.15, 0.2) is 51.4 Å². The number of hydrogen-bond donors (Lipinski definition) is 2. The zero-order valence-electron chi connectivity index (χ0n) is 16.6. The molecule has 0 spiro atoms. The van der Waals surface area contributed by atoms with Crippen molar-refractivity contribution in [1.82, 2.24) is 19.5 Å². The Hall–Kier alpha value is -3.25. The number of aromatic nitrogens is 4. The summed E-state index contributed by atoms with van der Waals surface area (Å²) >= 11 is 1.46. The number of carbonyl (C=O) groups is 1. The molecule has 160 valence electrons. The van der Waals surface area contributed by atoms with Gasteiger partial charge in [-0.05, 0) is 44.2 Å². The number of nitrogens with zero attached hydrogens (tertiary/aromatic N) is 4. The van der Waals surface area contributed by atoms with Crippen LogP contribution in [0.3, 0.4) is 0 Å².